The summed E-state index contributed by atoms with van der Waals surface area (Å²) in [6, 6.07) is 10.1. The van der Waals surface area contributed by atoms with Gasteiger partial charge in [-0.3, -0.25) is 4.79 Å². The number of hydrogen-bond acceptors (Lipinski definition) is 6. The molecule has 2 amide bonds. The largest absolute Gasteiger partial charge is 0.450 e. The number of rotatable bonds is 5. The fraction of sp³-hybridized carbons (Fsp3) is 0.429. The molecule has 0 radical (unpaired) electrons. The zero-order valence-corrected chi connectivity index (χ0v) is 17.9. The highest BCUT2D eigenvalue weighted by atomic mass is 32.2. The average molecular weight is 415 g/mol. The van der Waals surface area contributed by atoms with Crippen molar-refractivity contribution < 1.29 is 14.3 Å². The summed E-state index contributed by atoms with van der Waals surface area (Å²) < 4.78 is 5.00. The third kappa shape index (κ3) is 5.47. The molecule has 0 saturated carbocycles. The van der Waals surface area contributed by atoms with Crippen LogP contribution in [0.25, 0.3) is 11.3 Å². The zero-order chi connectivity index (χ0) is 20.8. The molecular formula is C21H26N4O3S. The van der Waals surface area contributed by atoms with Crippen molar-refractivity contribution in [2.24, 2.45) is 0 Å². The first kappa shape index (κ1) is 21.1. The molecule has 1 fully saturated rings. The van der Waals surface area contributed by atoms with E-state index >= 15 is 0 Å². The Labute approximate surface area is 175 Å². The molecule has 1 saturated heterocycles. The normalized spacial score (nSPS) is 14.0. The van der Waals surface area contributed by atoms with Crippen LogP contribution in [0.5, 0.6) is 0 Å². The van der Waals surface area contributed by atoms with Gasteiger partial charge in [-0.2, -0.15) is 0 Å². The third-order valence-corrected chi connectivity index (χ3v) is 5.72. The second-order valence-corrected chi connectivity index (χ2v) is 7.93. The van der Waals surface area contributed by atoms with Crippen LogP contribution >= 0.6 is 11.8 Å². The van der Waals surface area contributed by atoms with Gasteiger partial charge in [0.1, 0.15) is 5.03 Å². The summed E-state index contributed by atoms with van der Waals surface area (Å²) in [6.07, 6.45) is -0.312. The van der Waals surface area contributed by atoms with E-state index in [9.17, 15) is 9.59 Å². The van der Waals surface area contributed by atoms with Gasteiger partial charge in [0.25, 0.3) is 0 Å². The maximum atomic E-state index is 12.5. The van der Waals surface area contributed by atoms with Gasteiger partial charge in [-0.1, -0.05) is 29.5 Å². The predicted octanol–water partition coefficient (Wildman–Crippen LogP) is 3.15. The number of carbonyl (C=O) groups is 2. The van der Waals surface area contributed by atoms with E-state index in [0.717, 1.165) is 21.8 Å². The number of piperazine rings is 1. The van der Waals surface area contributed by atoms with Crippen LogP contribution in [0.1, 0.15) is 18.1 Å². The molecular weight excluding hydrogens is 388 g/mol. The van der Waals surface area contributed by atoms with Gasteiger partial charge >= 0.3 is 6.09 Å². The molecule has 1 aromatic carbocycles. The number of hydrogen-bond donors (Lipinski definition) is 0. The van der Waals surface area contributed by atoms with Gasteiger partial charge in [0.05, 0.1) is 18.1 Å². The molecule has 1 aliphatic rings. The Hall–Kier alpha value is -2.61. The fourth-order valence-electron chi connectivity index (χ4n) is 3.13. The lowest BCUT2D eigenvalue weighted by molar-refractivity contribution is -0.129. The van der Waals surface area contributed by atoms with E-state index in [1.807, 2.05) is 12.1 Å². The summed E-state index contributed by atoms with van der Waals surface area (Å²) in [5, 5.41) is 9.33. The summed E-state index contributed by atoms with van der Waals surface area (Å²) in [4.78, 5) is 27.6. The van der Waals surface area contributed by atoms with Crippen molar-refractivity contribution in [2.45, 2.75) is 25.8 Å². The van der Waals surface area contributed by atoms with E-state index in [1.165, 1.54) is 17.3 Å². The maximum absolute atomic E-state index is 12.5. The number of aromatic nitrogens is 2. The number of carbonyl (C=O) groups excluding carboxylic acids is 2. The first-order valence-electron chi connectivity index (χ1n) is 9.71. The van der Waals surface area contributed by atoms with Crippen molar-refractivity contribution in [1.82, 2.24) is 20.0 Å². The van der Waals surface area contributed by atoms with Gasteiger partial charge in [-0.25, -0.2) is 4.79 Å². The van der Waals surface area contributed by atoms with E-state index in [1.54, 1.807) is 16.7 Å². The van der Waals surface area contributed by atoms with Crippen molar-refractivity contribution in [2.75, 3.05) is 38.5 Å². The Morgan fingerprint density at radius 1 is 1.03 bits per heavy atom. The molecule has 8 heteroatoms. The monoisotopic (exact) mass is 414 g/mol. The summed E-state index contributed by atoms with van der Waals surface area (Å²) in [6.45, 7) is 8.30. The van der Waals surface area contributed by atoms with E-state index in [4.69, 9.17) is 4.74 Å². The zero-order valence-electron chi connectivity index (χ0n) is 17.1. The number of amides is 2. The number of ether oxygens (including phenoxy) is 1. The van der Waals surface area contributed by atoms with Gasteiger partial charge in [0.15, 0.2) is 0 Å². The van der Waals surface area contributed by atoms with Gasteiger partial charge in [0.2, 0.25) is 5.91 Å². The molecule has 0 bridgehead atoms. The summed E-state index contributed by atoms with van der Waals surface area (Å²) in [7, 11) is 0. The van der Waals surface area contributed by atoms with E-state index in [-0.39, 0.29) is 12.0 Å². The van der Waals surface area contributed by atoms with E-state index < -0.39 is 0 Å². The van der Waals surface area contributed by atoms with Gasteiger partial charge < -0.3 is 14.5 Å². The van der Waals surface area contributed by atoms with Gasteiger partial charge in [-0.15, -0.1) is 10.2 Å². The molecule has 0 atom stereocenters. The molecule has 0 spiro atoms. The molecule has 0 N–H and O–H groups in total. The maximum Gasteiger partial charge on any atom is 0.409 e. The van der Waals surface area contributed by atoms with Crippen LogP contribution in [0.3, 0.4) is 0 Å². The molecule has 0 aliphatic carbocycles. The predicted molar refractivity (Wildman–Crippen MR) is 113 cm³/mol. The van der Waals surface area contributed by atoms with Gasteiger partial charge in [0, 0.05) is 31.7 Å². The second-order valence-electron chi connectivity index (χ2n) is 6.93. The standard InChI is InChI=1S/C21H26N4O3S/c1-4-28-21(27)25-11-9-24(10-12-25)20(26)14-29-19-8-7-18(22-23-19)17-13-15(2)5-6-16(17)3/h5-8,13H,4,9-12,14H2,1-3H3. The number of aryl methyl sites for hydroxylation is 2. The number of benzene rings is 1. The molecule has 154 valence electrons. The minimum atomic E-state index is -0.312. The Morgan fingerprint density at radius 3 is 2.41 bits per heavy atom. The minimum absolute atomic E-state index is 0.0407. The van der Waals surface area contributed by atoms with E-state index in [2.05, 4.69) is 42.2 Å². The number of thioether (sulfide) groups is 1. The first-order chi connectivity index (χ1) is 14.0. The van der Waals surface area contributed by atoms with Crippen LogP contribution in [0.2, 0.25) is 0 Å². The first-order valence-corrected chi connectivity index (χ1v) is 10.7. The van der Waals surface area contributed by atoms with E-state index in [0.29, 0.717) is 38.5 Å². The minimum Gasteiger partial charge on any atom is -0.450 e. The van der Waals surface area contributed by atoms with Crippen LogP contribution < -0.4 is 0 Å². The molecule has 0 unspecified atom stereocenters. The van der Waals surface area contributed by atoms with Crippen molar-refractivity contribution in [3.63, 3.8) is 0 Å². The highest BCUT2D eigenvalue weighted by Gasteiger charge is 2.24. The summed E-state index contributed by atoms with van der Waals surface area (Å²) in [5.74, 6) is 0.343. The lowest BCUT2D eigenvalue weighted by Crippen LogP contribution is -2.51. The van der Waals surface area contributed by atoms with Crippen molar-refractivity contribution in [1.29, 1.82) is 0 Å². The Kier molecular flexibility index (Phi) is 7.09. The average Bonchev–Trinajstić information content (AvgIpc) is 2.74. The Morgan fingerprint density at radius 2 is 1.76 bits per heavy atom. The molecule has 2 heterocycles. The summed E-state index contributed by atoms with van der Waals surface area (Å²) in [5.41, 5.74) is 4.24. The SMILES string of the molecule is CCOC(=O)N1CCN(C(=O)CSc2ccc(-c3cc(C)ccc3C)nn2)CC1. The van der Waals surface area contributed by atoms with Crippen molar-refractivity contribution in [3.8, 4) is 11.3 Å². The van der Waals surface area contributed by atoms with Gasteiger partial charge in [-0.05, 0) is 44.5 Å². The molecule has 2 aromatic rings. The smallest absolute Gasteiger partial charge is 0.409 e. The highest BCUT2D eigenvalue weighted by molar-refractivity contribution is 7.99. The highest BCUT2D eigenvalue weighted by Crippen LogP contribution is 2.24. The third-order valence-electron chi connectivity index (χ3n) is 4.81. The molecule has 3 rings (SSSR count). The topological polar surface area (TPSA) is 75.6 Å². The lowest BCUT2D eigenvalue weighted by atomic mass is 10.0. The van der Waals surface area contributed by atoms with Crippen molar-refractivity contribution >= 4 is 23.8 Å². The Bertz CT molecular complexity index is 865. The van der Waals surface area contributed by atoms with Crippen LogP contribution in [0, 0.1) is 13.8 Å². The number of nitrogens with zero attached hydrogens (tertiary/aromatic N) is 4. The fourth-order valence-corrected chi connectivity index (χ4v) is 3.85. The molecule has 1 aromatic heterocycles. The summed E-state index contributed by atoms with van der Waals surface area (Å²) >= 11 is 1.38. The second kappa shape index (κ2) is 9.73. The molecule has 29 heavy (non-hydrogen) atoms. The van der Waals surface area contributed by atoms with Crippen molar-refractivity contribution in [3.05, 3.63) is 41.5 Å². The van der Waals surface area contributed by atoms with Crippen LogP contribution in [-0.2, 0) is 9.53 Å². The lowest BCUT2D eigenvalue weighted by Gasteiger charge is -2.34. The van der Waals surface area contributed by atoms with Crippen LogP contribution in [-0.4, -0.2) is 70.5 Å². The Balaban J connectivity index is 1.51. The molecule has 1 aliphatic heterocycles. The van der Waals surface area contributed by atoms with Crippen LogP contribution in [0.4, 0.5) is 4.79 Å². The van der Waals surface area contributed by atoms with Crippen LogP contribution in [0.15, 0.2) is 35.4 Å². The quantitative estimate of drug-likeness (QED) is 0.700. The molecule has 7 nitrogen and oxygen atoms in total.